The first-order valence-corrected chi connectivity index (χ1v) is 10.3. The first-order chi connectivity index (χ1) is 14.9. The lowest BCUT2D eigenvalue weighted by atomic mass is 10.0. The van der Waals surface area contributed by atoms with Crippen molar-refractivity contribution in [3.63, 3.8) is 0 Å². The van der Waals surface area contributed by atoms with Crippen LogP contribution in [-0.4, -0.2) is 58.4 Å². The van der Waals surface area contributed by atoms with E-state index in [1.54, 1.807) is 29.2 Å². The quantitative estimate of drug-likeness (QED) is 0.372. The van der Waals surface area contributed by atoms with Crippen molar-refractivity contribution in [3.8, 4) is 0 Å². The predicted molar refractivity (Wildman–Crippen MR) is 116 cm³/mol. The molecule has 0 spiro atoms. The second-order valence-electron chi connectivity index (χ2n) is 7.77. The molecule has 0 saturated carbocycles. The van der Waals surface area contributed by atoms with Crippen LogP contribution in [0.5, 0.6) is 0 Å². The number of hydrogen-bond acceptors (Lipinski definition) is 4. The number of piperazine rings is 1. The number of nitrogens with one attached hydrogen (secondary N) is 1. The number of hydrogen-bond donors (Lipinski definition) is 1. The lowest BCUT2D eigenvalue weighted by molar-refractivity contribution is -0.104. The molecule has 1 saturated heterocycles. The molecule has 3 aromatic rings. The van der Waals surface area contributed by atoms with E-state index in [-0.39, 0.29) is 34.6 Å². The number of benzene rings is 2. The Morgan fingerprint density at radius 2 is 1.94 bits per heavy atom. The highest BCUT2D eigenvalue weighted by molar-refractivity contribution is 6.38. The predicted octanol–water partition coefficient (Wildman–Crippen LogP) is 3.69. The Morgan fingerprint density at radius 3 is 2.61 bits per heavy atom. The Morgan fingerprint density at radius 1 is 1.19 bits per heavy atom. The minimum atomic E-state index is -0.658. The third-order valence-corrected chi connectivity index (χ3v) is 5.98. The Balaban J connectivity index is 1.52. The molecule has 2 heterocycles. The highest BCUT2D eigenvalue weighted by atomic mass is 35.5. The van der Waals surface area contributed by atoms with Gasteiger partial charge in [0.05, 0.1) is 16.1 Å². The van der Waals surface area contributed by atoms with Crippen LogP contribution in [0.4, 0.5) is 4.39 Å². The normalized spacial score (nSPS) is 17.1. The molecule has 2 aromatic carbocycles. The van der Waals surface area contributed by atoms with Gasteiger partial charge in [-0.2, -0.15) is 0 Å². The van der Waals surface area contributed by atoms with Gasteiger partial charge < -0.3 is 9.88 Å². The van der Waals surface area contributed by atoms with Gasteiger partial charge >= 0.3 is 0 Å². The fourth-order valence-corrected chi connectivity index (χ4v) is 4.30. The van der Waals surface area contributed by atoms with Crippen molar-refractivity contribution in [1.82, 2.24) is 14.8 Å². The molecule has 1 aliphatic heterocycles. The van der Waals surface area contributed by atoms with Gasteiger partial charge in [-0.25, -0.2) is 4.39 Å². The van der Waals surface area contributed by atoms with Gasteiger partial charge in [0.15, 0.2) is 6.29 Å². The third kappa shape index (κ3) is 4.24. The summed E-state index contributed by atoms with van der Waals surface area (Å²) in [5.74, 6) is -1.14. The van der Waals surface area contributed by atoms with Crippen molar-refractivity contribution in [2.24, 2.45) is 0 Å². The monoisotopic (exact) mass is 441 g/mol. The number of amides is 1. The van der Waals surface area contributed by atoms with Gasteiger partial charge in [0.25, 0.3) is 5.91 Å². The summed E-state index contributed by atoms with van der Waals surface area (Å²) in [5.41, 5.74) is 2.12. The fraction of sp³-hybridized carbons (Fsp3) is 0.261. The molecule has 1 atom stereocenters. The number of Topliss-reactive ketones (excluding diaryl/α,β-unsaturated/α-hetero) is 1. The summed E-state index contributed by atoms with van der Waals surface area (Å²) >= 11 is 6.37. The number of rotatable bonds is 5. The number of ketones is 1. The molecular formula is C23H21ClFN3O3. The van der Waals surface area contributed by atoms with Gasteiger partial charge in [0.2, 0.25) is 5.78 Å². The number of carbonyl (C=O) groups excluding carboxylic acids is 3. The van der Waals surface area contributed by atoms with Crippen molar-refractivity contribution in [3.05, 3.63) is 70.1 Å². The van der Waals surface area contributed by atoms with Gasteiger partial charge in [0, 0.05) is 49.3 Å². The number of aromatic amines is 1. The first-order valence-electron chi connectivity index (χ1n) is 9.95. The summed E-state index contributed by atoms with van der Waals surface area (Å²) in [6, 6.07) is 9.54. The summed E-state index contributed by atoms with van der Waals surface area (Å²) in [7, 11) is 0. The molecule has 1 aromatic heterocycles. The number of halogens is 2. The molecule has 0 aliphatic carbocycles. The number of aromatic nitrogens is 1. The summed E-state index contributed by atoms with van der Waals surface area (Å²) in [4.78, 5) is 42.9. The molecule has 8 heteroatoms. The van der Waals surface area contributed by atoms with Crippen LogP contribution in [0.2, 0.25) is 5.02 Å². The van der Waals surface area contributed by atoms with E-state index in [1.807, 2.05) is 6.92 Å². The number of H-pyrrole nitrogens is 1. The van der Waals surface area contributed by atoms with Gasteiger partial charge in [-0.3, -0.25) is 19.3 Å². The van der Waals surface area contributed by atoms with E-state index in [2.05, 4.69) is 9.88 Å². The Hall–Kier alpha value is -3.03. The molecule has 0 bridgehead atoms. The number of aldehydes is 1. The second kappa shape index (κ2) is 8.61. The van der Waals surface area contributed by atoms with E-state index in [4.69, 9.17) is 11.6 Å². The van der Waals surface area contributed by atoms with E-state index < -0.39 is 5.78 Å². The average Bonchev–Trinajstić information content (AvgIpc) is 3.16. The molecule has 4 rings (SSSR count). The van der Waals surface area contributed by atoms with Crippen molar-refractivity contribution < 1.29 is 18.8 Å². The zero-order valence-corrected chi connectivity index (χ0v) is 17.7. The summed E-state index contributed by atoms with van der Waals surface area (Å²) < 4.78 is 13.1. The fourth-order valence-electron chi connectivity index (χ4n) is 4.06. The van der Waals surface area contributed by atoms with E-state index in [0.29, 0.717) is 42.6 Å². The zero-order chi connectivity index (χ0) is 22.1. The Labute approximate surface area is 183 Å². The molecule has 1 unspecified atom stereocenters. The summed E-state index contributed by atoms with van der Waals surface area (Å²) in [5, 5.41) is 0.776. The molecule has 31 heavy (non-hydrogen) atoms. The van der Waals surface area contributed by atoms with Crippen molar-refractivity contribution >= 4 is 40.5 Å². The minimum absolute atomic E-state index is 0.0595. The van der Waals surface area contributed by atoms with Crippen LogP contribution in [0.1, 0.15) is 33.2 Å². The zero-order valence-electron chi connectivity index (χ0n) is 16.9. The topological polar surface area (TPSA) is 73.5 Å². The second-order valence-corrected chi connectivity index (χ2v) is 8.18. The van der Waals surface area contributed by atoms with Crippen LogP contribution in [-0.2, 0) is 11.3 Å². The summed E-state index contributed by atoms with van der Waals surface area (Å²) in [6.45, 7) is 4.51. The molecule has 6 nitrogen and oxygen atoms in total. The first kappa shape index (κ1) is 21.2. The Kier molecular flexibility index (Phi) is 5.89. The van der Waals surface area contributed by atoms with Gasteiger partial charge in [-0.1, -0.05) is 23.7 Å². The molecule has 1 aliphatic rings. The molecule has 0 radical (unpaired) electrons. The lowest BCUT2D eigenvalue weighted by Crippen LogP contribution is -2.53. The standard InChI is InChI=1S/C23H21ClFN3O3/c1-14-11-27(12-15-2-4-16(25)5-3-15)6-7-28(14)23(31)18-8-17-19(22(30)13-29)10-26-21(17)9-20(18)24/h2-5,8-10,13-14,26H,6-7,11-12H2,1H3. The SMILES string of the molecule is CC1CN(Cc2ccc(F)cc2)CCN1C(=O)c1cc2c(C(=O)C=O)c[nH]c2cc1Cl. The third-order valence-electron chi connectivity index (χ3n) is 5.66. The highest BCUT2D eigenvalue weighted by Gasteiger charge is 2.29. The van der Waals surface area contributed by atoms with Crippen LogP contribution < -0.4 is 0 Å². The van der Waals surface area contributed by atoms with E-state index in [1.165, 1.54) is 18.3 Å². The molecular weight excluding hydrogens is 421 g/mol. The van der Waals surface area contributed by atoms with E-state index >= 15 is 0 Å². The molecule has 160 valence electrons. The van der Waals surface area contributed by atoms with Crippen molar-refractivity contribution in [1.29, 1.82) is 0 Å². The number of fused-ring (bicyclic) bond motifs is 1. The van der Waals surface area contributed by atoms with Gasteiger partial charge in [-0.05, 0) is 36.8 Å². The average molecular weight is 442 g/mol. The van der Waals surface area contributed by atoms with Crippen LogP contribution in [0.3, 0.4) is 0 Å². The van der Waals surface area contributed by atoms with Crippen molar-refractivity contribution in [2.45, 2.75) is 19.5 Å². The largest absolute Gasteiger partial charge is 0.360 e. The maximum Gasteiger partial charge on any atom is 0.255 e. The van der Waals surface area contributed by atoms with Crippen LogP contribution in [0.25, 0.3) is 10.9 Å². The van der Waals surface area contributed by atoms with Gasteiger partial charge in [-0.15, -0.1) is 0 Å². The highest BCUT2D eigenvalue weighted by Crippen LogP contribution is 2.28. The maximum atomic E-state index is 13.3. The summed E-state index contributed by atoms with van der Waals surface area (Å²) in [6.07, 6.45) is 1.70. The molecule has 1 amide bonds. The maximum absolute atomic E-state index is 13.3. The lowest BCUT2D eigenvalue weighted by Gasteiger charge is -2.40. The smallest absolute Gasteiger partial charge is 0.255 e. The minimum Gasteiger partial charge on any atom is -0.360 e. The van der Waals surface area contributed by atoms with E-state index in [9.17, 15) is 18.8 Å². The molecule has 1 fully saturated rings. The number of nitrogens with zero attached hydrogens (tertiary/aromatic N) is 2. The van der Waals surface area contributed by atoms with Crippen LogP contribution in [0.15, 0.2) is 42.6 Å². The Bertz CT molecular complexity index is 1160. The van der Waals surface area contributed by atoms with Crippen LogP contribution >= 0.6 is 11.6 Å². The van der Waals surface area contributed by atoms with Gasteiger partial charge in [0.1, 0.15) is 5.82 Å². The molecule has 1 N–H and O–H groups in total. The van der Waals surface area contributed by atoms with E-state index in [0.717, 1.165) is 5.56 Å². The van der Waals surface area contributed by atoms with Crippen molar-refractivity contribution in [2.75, 3.05) is 19.6 Å². The number of carbonyl (C=O) groups is 3. The van der Waals surface area contributed by atoms with Crippen LogP contribution in [0, 0.1) is 5.82 Å².